The minimum atomic E-state index is -0.480. The summed E-state index contributed by atoms with van der Waals surface area (Å²) in [5.41, 5.74) is 0.580. The van der Waals surface area contributed by atoms with E-state index < -0.39 is 5.82 Å². The quantitative estimate of drug-likeness (QED) is 0.652. The maximum absolute atomic E-state index is 14.3. The van der Waals surface area contributed by atoms with Gasteiger partial charge in [-0.25, -0.2) is 9.37 Å². The lowest BCUT2D eigenvalue weighted by Crippen LogP contribution is -2.32. The second-order valence-corrected chi connectivity index (χ2v) is 5.89. The maximum Gasteiger partial charge on any atom is 0.263 e. The molecule has 4 nitrogen and oxygen atoms in total. The minimum Gasteiger partial charge on any atom is -0.496 e. The van der Waals surface area contributed by atoms with E-state index in [1.807, 2.05) is 0 Å². The Morgan fingerprint density at radius 2 is 1.88 bits per heavy atom. The first-order valence-corrected chi connectivity index (χ1v) is 8.28. The normalized spacial score (nSPS) is 10.4. The number of benzene rings is 2. The van der Waals surface area contributed by atoms with Crippen molar-refractivity contribution in [3.63, 3.8) is 0 Å². The molecule has 0 saturated heterocycles. The summed E-state index contributed by atoms with van der Waals surface area (Å²) in [6.45, 7) is -0.0561. The van der Waals surface area contributed by atoms with E-state index in [0.717, 1.165) is 0 Å². The molecule has 3 rings (SSSR count). The van der Waals surface area contributed by atoms with Crippen LogP contribution in [-0.2, 0) is 6.54 Å². The molecule has 0 fully saturated rings. The molecule has 0 bridgehead atoms. The Kier molecular flexibility index (Phi) is 5.49. The number of rotatable bonds is 5. The molecule has 0 aliphatic heterocycles. The number of aromatic nitrogens is 1. The highest BCUT2D eigenvalue weighted by Crippen LogP contribution is 2.27. The molecular formula is C20H16ClFN2O2. The van der Waals surface area contributed by atoms with E-state index >= 15 is 0 Å². The fourth-order valence-corrected chi connectivity index (χ4v) is 2.80. The van der Waals surface area contributed by atoms with Crippen LogP contribution in [0.25, 0.3) is 0 Å². The van der Waals surface area contributed by atoms with Crippen molar-refractivity contribution in [2.75, 3.05) is 12.0 Å². The van der Waals surface area contributed by atoms with Crippen molar-refractivity contribution in [2.24, 2.45) is 0 Å². The van der Waals surface area contributed by atoms with E-state index in [4.69, 9.17) is 16.3 Å². The predicted octanol–water partition coefficient (Wildman–Crippen LogP) is 4.73. The van der Waals surface area contributed by atoms with Crippen molar-refractivity contribution in [1.29, 1.82) is 0 Å². The van der Waals surface area contributed by atoms with Crippen LogP contribution in [0.5, 0.6) is 5.75 Å². The molecule has 1 heterocycles. The van der Waals surface area contributed by atoms with Crippen molar-refractivity contribution in [1.82, 2.24) is 4.98 Å². The Hall–Kier alpha value is -2.92. The first-order valence-electron chi connectivity index (χ1n) is 7.90. The number of carbonyl (C=O) groups excluding carboxylic acids is 1. The van der Waals surface area contributed by atoms with E-state index in [1.54, 1.807) is 54.7 Å². The molecule has 3 aromatic rings. The SMILES string of the molecule is COc1ccccc1C(=O)N(Cc1c(F)cccc1Cl)c1ccccn1. The summed E-state index contributed by atoms with van der Waals surface area (Å²) in [5, 5.41) is 0.249. The van der Waals surface area contributed by atoms with Gasteiger partial charge in [-0.05, 0) is 36.4 Å². The molecule has 26 heavy (non-hydrogen) atoms. The van der Waals surface area contributed by atoms with Gasteiger partial charge in [0, 0.05) is 16.8 Å². The molecule has 0 spiro atoms. The summed E-state index contributed by atoms with van der Waals surface area (Å²) in [5.74, 6) is -0.0208. The second-order valence-electron chi connectivity index (χ2n) is 5.48. The van der Waals surface area contributed by atoms with Crippen LogP contribution in [0.2, 0.25) is 5.02 Å². The number of pyridine rings is 1. The zero-order chi connectivity index (χ0) is 18.5. The maximum atomic E-state index is 14.3. The number of halogens is 2. The van der Waals surface area contributed by atoms with Gasteiger partial charge >= 0.3 is 0 Å². The number of methoxy groups -OCH3 is 1. The van der Waals surface area contributed by atoms with E-state index in [1.165, 1.54) is 24.1 Å². The van der Waals surface area contributed by atoms with E-state index in [2.05, 4.69) is 4.98 Å². The smallest absolute Gasteiger partial charge is 0.263 e. The summed E-state index contributed by atoms with van der Waals surface area (Å²) >= 11 is 6.15. The third-order valence-electron chi connectivity index (χ3n) is 3.89. The number of para-hydroxylation sites is 1. The Balaban J connectivity index is 2.06. The summed E-state index contributed by atoms with van der Waals surface area (Å²) in [7, 11) is 1.49. The molecule has 6 heteroatoms. The third-order valence-corrected chi connectivity index (χ3v) is 4.24. The number of carbonyl (C=O) groups is 1. The number of hydrogen-bond donors (Lipinski definition) is 0. The molecule has 0 atom stereocenters. The fraction of sp³-hybridized carbons (Fsp3) is 0.100. The first-order chi connectivity index (χ1) is 12.6. The lowest BCUT2D eigenvalue weighted by atomic mass is 10.1. The van der Waals surface area contributed by atoms with E-state index in [0.29, 0.717) is 17.1 Å². The van der Waals surface area contributed by atoms with Crippen LogP contribution in [0.1, 0.15) is 15.9 Å². The van der Waals surface area contributed by atoms with Gasteiger partial charge in [0.2, 0.25) is 0 Å². The summed E-state index contributed by atoms with van der Waals surface area (Å²) < 4.78 is 19.6. The summed E-state index contributed by atoms with van der Waals surface area (Å²) in [6, 6.07) is 16.5. The number of ether oxygens (including phenoxy) is 1. The molecule has 0 saturated carbocycles. The van der Waals surface area contributed by atoms with Gasteiger partial charge in [0.05, 0.1) is 19.2 Å². The Bertz CT molecular complexity index is 898. The molecule has 0 N–H and O–H groups in total. The second kappa shape index (κ2) is 7.97. The molecule has 2 aromatic carbocycles. The van der Waals surface area contributed by atoms with Crippen molar-refractivity contribution >= 4 is 23.3 Å². The van der Waals surface area contributed by atoms with Gasteiger partial charge in [0.25, 0.3) is 5.91 Å². The third kappa shape index (κ3) is 3.68. The Labute approximate surface area is 155 Å². The van der Waals surface area contributed by atoms with Gasteiger partial charge in [-0.2, -0.15) is 0 Å². The molecule has 0 radical (unpaired) electrons. The highest BCUT2D eigenvalue weighted by molar-refractivity contribution is 6.31. The zero-order valence-electron chi connectivity index (χ0n) is 14.0. The van der Waals surface area contributed by atoms with Gasteiger partial charge in [-0.15, -0.1) is 0 Å². The zero-order valence-corrected chi connectivity index (χ0v) is 14.8. The van der Waals surface area contributed by atoms with Gasteiger partial charge in [0.15, 0.2) is 0 Å². The molecular weight excluding hydrogens is 355 g/mol. The van der Waals surface area contributed by atoms with E-state index in [-0.39, 0.29) is 23.0 Å². The summed E-state index contributed by atoms with van der Waals surface area (Å²) in [4.78, 5) is 18.8. The monoisotopic (exact) mass is 370 g/mol. The van der Waals surface area contributed by atoms with Crippen molar-refractivity contribution in [2.45, 2.75) is 6.54 Å². The average Bonchev–Trinajstić information content (AvgIpc) is 2.68. The Morgan fingerprint density at radius 1 is 1.12 bits per heavy atom. The molecule has 132 valence electrons. The van der Waals surface area contributed by atoms with Crippen LogP contribution in [-0.4, -0.2) is 18.0 Å². The molecule has 0 aliphatic rings. The lowest BCUT2D eigenvalue weighted by molar-refractivity contribution is 0.0981. The highest BCUT2D eigenvalue weighted by Gasteiger charge is 2.24. The van der Waals surface area contributed by atoms with Crippen molar-refractivity contribution in [3.8, 4) is 5.75 Å². The molecule has 0 unspecified atom stereocenters. The van der Waals surface area contributed by atoms with Gasteiger partial charge < -0.3 is 4.74 Å². The first kappa shape index (κ1) is 17.9. The van der Waals surface area contributed by atoms with Crippen LogP contribution in [0, 0.1) is 5.82 Å². The average molecular weight is 371 g/mol. The molecule has 1 amide bonds. The lowest BCUT2D eigenvalue weighted by Gasteiger charge is -2.23. The van der Waals surface area contributed by atoms with Gasteiger partial charge in [-0.1, -0.05) is 35.9 Å². The number of amides is 1. The number of hydrogen-bond acceptors (Lipinski definition) is 3. The molecule has 0 aliphatic carbocycles. The predicted molar refractivity (Wildman–Crippen MR) is 99.2 cm³/mol. The highest BCUT2D eigenvalue weighted by atomic mass is 35.5. The summed E-state index contributed by atoms with van der Waals surface area (Å²) in [6.07, 6.45) is 1.57. The van der Waals surface area contributed by atoms with Crippen LogP contribution in [0.3, 0.4) is 0 Å². The van der Waals surface area contributed by atoms with Gasteiger partial charge in [0.1, 0.15) is 17.4 Å². The standard InChI is InChI=1S/C20H16ClFN2O2/c1-26-18-10-3-2-7-14(18)20(25)24(19-11-4-5-12-23-19)13-15-16(21)8-6-9-17(15)22/h2-12H,13H2,1H3. The van der Waals surface area contributed by atoms with Crippen LogP contribution < -0.4 is 9.64 Å². The Morgan fingerprint density at radius 3 is 2.58 bits per heavy atom. The van der Waals surface area contributed by atoms with Gasteiger partial charge in [-0.3, -0.25) is 9.69 Å². The van der Waals surface area contributed by atoms with Crippen LogP contribution in [0.15, 0.2) is 66.9 Å². The molecule has 1 aromatic heterocycles. The largest absolute Gasteiger partial charge is 0.496 e. The van der Waals surface area contributed by atoms with Crippen molar-refractivity contribution in [3.05, 3.63) is 88.8 Å². The topological polar surface area (TPSA) is 42.4 Å². The van der Waals surface area contributed by atoms with Crippen LogP contribution in [0.4, 0.5) is 10.2 Å². The fourth-order valence-electron chi connectivity index (χ4n) is 2.58. The number of anilines is 1. The van der Waals surface area contributed by atoms with Crippen LogP contribution >= 0.6 is 11.6 Å². The van der Waals surface area contributed by atoms with E-state index in [9.17, 15) is 9.18 Å². The van der Waals surface area contributed by atoms with Crippen molar-refractivity contribution < 1.29 is 13.9 Å². The minimum absolute atomic E-state index is 0.0561. The number of nitrogens with zero attached hydrogens (tertiary/aromatic N) is 2.